The van der Waals surface area contributed by atoms with Crippen LogP contribution in [0.25, 0.3) is 0 Å². The number of rotatable bonds is 12. The molecule has 0 aromatic heterocycles. The molecule has 260 valence electrons. The highest BCUT2D eigenvalue weighted by Crippen LogP contribution is 2.41. The fourth-order valence-electron chi connectivity index (χ4n) is 6.81. The van der Waals surface area contributed by atoms with Gasteiger partial charge in [0, 0.05) is 51.2 Å². The molecule has 0 saturated heterocycles. The van der Waals surface area contributed by atoms with Crippen molar-refractivity contribution in [1.29, 1.82) is 0 Å². The van der Waals surface area contributed by atoms with Gasteiger partial charge in [0.05, 0.1) is 0 Å². The van der Waals surface area contributed by atoms with Crippen molar-refractivity contribution in [3.63, 3.8) is 0 Å². The minimum absolute atomic E-state index is 1.09. The first-order valence-electron chi connectivity index (χ1n) is 18.8. The van der Waals surface area contributed by atoms with Gasteiger partial charge >= 0.3 is 0 Å². The molecule has 0 atom stereocenters. The first kappa shape index (κ1) is 35.5. The van der Waals surface area contributed by atoms with Crippen LogP contribution < -0.4 is 25.6 Å². The molecule has 0 aliphatic rings. The zero-order valence-corrected chi connectivity index (χ0v) is 31.6. The third-order valence-corrected chi connectivity index (χ3v) is 9.91. The maximum atomic E-state index is 2.35. The van der Waals surface area contributed by atoms with Crippen molar-refractivity contribution in [2.75, 3.05) is 14.7 Å². The van der Waals surface area contributed by atoms with E-state index in [9.17, 15) is 0 Å². The Morgan fingerprint density at radius 2 is 0.566 bits per heavy atom. The van der Waals surface area contributed by atoms with Crippen LogP contribution in [0.15, 0.2) is 170 Å². The minimum atomic E-state index is 1.09. The molecule has 0 bridgehead atoms. The fourth-order valence-corrected chi connectivity index (χ4v) is 6.81. The number of unbranched alkanes of at least 4 members (excludes halogenated alkanes) is 1. The van der Waals surface area contributed by atoms with Crippen molar-refractivity contribution < 1.29 is 0 Å². The van der Waals surface area contributed by atoms with Gasteiger partial charge < -0.3 is 14.7 Å². The van der Waals surface area contributed by atoms with Crippen LogP contribution in [0.1, 0.15) is 36.5 Å². The van der Waals surface area contributed by atoms with E-state index in [-0.39, 0.29) is 0 Å². The van der Waals surface area contributed by atoms with Crippen LogP contribution >= 0.6 is 0 Å². The molecule has 7 aromatic rings. The molecule has 0 amide bonds. The summed E-state index contributed by atoms with van der Waals surface area (Å²) >= 11 is 0. The van der Waals surface area contributed by atoms with Crippen molar-refractivity contribution in [2.45, 2.75) is 40.0 Å². The number of hydrogen-bond acceptors (Lipinski definition) is 3. The molecule has 0 fully saturated rings. The average Bonchev–Trinajstić information content (AvgIpc) is 3.19. The zero-order valence-electron chi connectivity index (χ0n) is 31.6. The van der Waals surface area contributed by atoms with Crippen molar-refractivity contribution >= 4 is 77.8 Å². The molecule has 0 saturated carbocycles. The van der Waals surface area contributed by atoms with Crippen LogP contribution in [-0.4, -0.2) is 15.7 Å². The molecule has 7 rings (SSSR count). The molecule has 0 radical (unpaired) electrons. The first-order chi connectivity index (χ1) is 25.9. The number of benzene rings is 7. The van der Waals surface area contributed by atoms with Crippen LogP contribution in [-0.2, 0) is 6.42 Å². The fraction of sp³-hybridized carbons (Fsp3) is 0.125. The normalized spacial score (nSPS) is 10.9. The SMILES string of the molecule is Bc1ccc(N(c2ccc(CCCC)cc2)c2ccc(N(c3ccc(B)cc3)c3ccc(N(c4ccc(C)cc4)c4ccc(C)cc4)cc3)cc2)cc1. The number of aryl methyl sites for hydroxylation is 3. The molecular weight excluding hydrogens is 640 g/mol. The molecule has 7 aromatic carbocycles. The van der Waals surface area contributed by atoms with Crippen LogP contribution in [0.4, 0.5) is 51.2 Å². The van der Waals surface area contributed by atoms with Gasteiger partial charge in [0.25, 0.3) is 0 Å². The Balaban J connectivity index is 1.26. The smallest absolute Gasteiger partial charge is 0.139 e. The van der Waals surface area contributed by atoms with Crippen LogP contribution in [0, 0.1) is 13.8 Å². The molecule has 3 nitrogen and oxygen atoms in total. The summed E-state index contributed by atoms with van der Waals surface area (Å²) in [6, 6.07) is 62.1. The predicted octanol–water partition coefficient (Wildman–Crippen LogP) is 10.6. The highest BCUT2D eigenvalue weighted by Gasteiger charge is 2.18. The summed E-state index contributed by atoms with van der Waals surface area (Å²) in [6.07, 6.45) is 3.52. The van der Waals surface area contributed by atoms with Crippen molar-refractivity contribution in [3.8, 4) is 0 Å². The summed E-state index contributed by atoms with van der Waals surface area (Å²) in [5.41, 5.74) is 16.4. The lowest BCUT2D eigenvalue weighted by Crippen LogP contribution is -2.14. The van der Waals surface area contributed by atoms with Crippen molar-refractivity contribution in [2.24, 2.45) is 0 Å². The molecule has 0 aliphatic heterocycles. The standard InChI is InChI=1S/C48H47B2N3/c1-4-5-6-37-11-21-42(22-12-37)52(43-23-13-38(49)14-24-43)46-29-33-48(34-30-46)53(44-25-15-39(50)16-26-44)47-31-27-45(28-32-47)51(40-17-7-35(2)8-18-40)41-19-9-36(3)10-20-41/h7-34H,4-6,49-50H2,1-3H3. The molecule has 0 unspecified atom stereocenters. The third kappa shape index (κ3) is 8.26. The van der Waals surface area contributed by atoms with Gasteiger partial charge in [-0.25, -0.2) is 0 Å². The number of nitrogens with zero attached hydrogens (tertiary/aromatic N) is 3. The van der Waals surface area contributed by atoms with E-state index in [1.807, 2.05) is 0 Å². The Hall–Kier alpha value is -5.93. The Kier molecular flexibility index (Phi) is 10.8. The lowest BCUT2D eigenvalue weighted by Gasteiger charge is -2.29. The average molecular weight is 688 g/mol. The summed E-state index contributed by atoms with van der Waals surface area (Å²) in [7, 11) is 4.28. The molecule has 0 heterocycles. The summed E-state index contributed by atoms with van der Waals surface area (Å²) in [5, 5.41) is 0. The monoisotopic (exact) mass is 687 g/mol. The quantitative estimate of drug-likeness (QED) is 0.118. The van der Waals surface area contributed by atoms with E-state index in [1.165, 1.54) is 40.5 Å². The Morgan fingerprint density at radius 3 is 0.830 bits per heavy atom. The minimum Gasteiger partial charge on any atom is -0.311 e. The Labute approximate surface area is 318 Å². The molecule has 53 heavy (non-hydrogen) atoms. The first-order valence-corrected chi connectivity index (χ1v) is 18.8. The van der Waals surface area contributed by atoms with E-state index in [0.29, 0.717) is 0 Å². The molecule has 5 heteroatoms. The van der Waals surface area contributed by atoms with Gasteiger partial charge in [-0.2, -0.15) is 0 Å². The van der Waals surface area contributed by atoms with Gasteiger partial charge in [0.2, 0.25) is 0 Å². The van der Waals surface area contributed by atoms with E-state index >= 15 is 0 Å². The van der Waals surface area contributed by atoms with Gasteiger partial charge in [-0.3, -0.25) is 0 Å². The number of anilines is 9. The topological polar surface area (TPSA) is 9.72 Å². The molecule has 0 N–H and O–H groups in total. The van der Waals surface area contributed by atoms with E-state index in [4.69, 9.17) is 0 Å². The molecule has 0 aliphatic carbocycles. The Morgan fingerprint density at radius 1 is 0.340 bits per heavy atom. The summed E-state index contributed by atoms with van der Waals surface area (Å²) < 4.78 is 0. The molecular formula is C48H47B2N3. The third-order valence-electron chi connectivity index (χ3n) is 9.91. The second-order valence-electron chi connectivity index (χ2n) is 14.2. The summed E-state index contributed by atoms with van der Waals surface area (Å²) in [4.78, 5) is 7.01. The second-order valence-corrected chi connectivity index (χ2v) is 14.2. The Bertz CT molecular complexity index is 2170. The lowest BCUT2D eigenvalue weighted by molar-refractivity contribution is 0.795. The van der Waals surface area contributed by atoms with E-state index in [2.05, 4.69) is 221 Å². The van der Waals surface area contributed by atoms with Gasteiger partial charge in [-0.15, -0.1) is 0 Å². The van der Waals surface area contributed by atoms with Gasteiger partial charge in [-0.1, -0.05) is 96.1 Å². The van der Waals surface area contributed by atoms with Crippen LogP contribution in [0.3, 0.4) is 0 Å². The van der Waals surface area contributed by atoms with Gasteiger partial charge in [0.15, 0.2) is 0 Å². The van der Waals surface area contributed by atoms with E-state index in [0.717, 1.165) is 57.6 Å². The maximum Gasteiger partial charge on any atom is 0.139 e. The molecule has 0 spiro atoms. The second kappa shape index (κ2) is 16.2. The highest BCUT2D eigenvalue weighted by molar-refractivity contribution is 6.32. The van der Waals surface area contributed by atoms with Crippen molar-refractivity contribution in [1.82, 2.24) is 0 Å². The van der Waals surface area contributed by atoms with Crippen LogP contribution in [0.5, 0.6) is 0 Å². The van der Waals surface area contributed by atoms with Gasteiger partial charge in [-0.05, 0) is 141 Å². The van der Waals surface area contributed by atoms with E-state index in [1.54, 1.807) is 0 Å². The summed E-state index contributed by atoms with van der Waals surface area (Å²) in [5.74, 6) is 0. The summed E-state index contributed by atoms with van der Waals surface area (Å²) in [6.45, 7) is 6.51. The van der Waals surface area contributed by atoms with Crippen molar-refractivity contribution in [3.05, 3.63) is 187 Å². The van der Waals surface area contributed by atoms with Crippen LogP contribution in [0.2, 0.25) is 0 Å². The highest BCUT2D eigenvalue weighted by atomic mass is 15.2. The zero-order chi connectivity index (χ0) is 36.7. The van der Waals surface area contributed by atoms with E-state index < -0.39 is 0 Å². The maximum absolute atomic E-state index is 2.35. The predicted molar refractivity (Wildman–Crippen MR) is 235 cm³/mol. The van der Waals surface area contributed by atoms with Gasteiger partial charge in [0.1, 0.15) is 15.7 Å². The largest absolute Gasteiger partial charge is 0.311 e. The number of hydrogen-bond donors (Lipinski definition) is 0. The lowest BCUT2D eigenvalue weighted by atomic mass is 9.96.